The summed E-state index contributed by atoms with van der Waals surface area (Å²) < 4.78 is 2.01. The zero-order valence-corrected chi connectivity index (χ0v) is 19.2. The van der Waals surface area contributed by atoms with Crippen molar-refractivity contribution in [2.45, 2.75) is 87.7 Å². The molecule has 3 aliphatic rings. The van der Waals surface area contributed by atoms with Crippen LogP contribution in [0.5, 0.6) is 0 Å². The number of benzene rings is 1. The maximum atomic E-state index is 14.2. The second kappa shape index (κ2) is 8.87. The summed E-state index contributed by atoms with van der Waals surface area (Å²) in [6.45, 7) is 0.795. The number of aromatic nitrogens is 2. The number of hydrogen-bond donors (Lipinski definition) is 0. The average molecular weight is 433 g/mol. The lowest BCUT2D eigenvalue weighted by atomic mass is 9.62. The van der Waals surface area contributed by atoms with Crippen LogP contribution >= 0.6 is 11.8 Å². The van der Waals surface area contributed by atoms with Crippen LogP contribution in [-0.2, 0) is 18.4 Å². The van der Waals surface area contributed by atoms with Crippen molar-refractivity contribution in [3.63, 3.8) is 0 Å². The van der Waals surface area contributed by atoms with Crippen molar-refractivity contribution < 1.29 is 0 Å². The van der Waals surface area contributed by atoms with Gasteiger partial charge in [-0.15, -0.1) is 6.42 Å². The third-order valence-corrected chi connectivity index (χ3v) is 8.61. The molecule has 1 aromatic carbocycles. The van der Waals surface area contributed by atoms with Gasteiger partial charge < -0.3 is 0 Å². The van der Waals surface area contributed by atoms with Gasteiger partial charge in [-0.1, -0.05) is 80.5 Å². The monoisotopic (exact) mass is 432 g/mol. The molecule has 0 unspecified atom stereocenters. The Balaban J connectivity index is 1.69. The Morgan fingerprint density at radius 1 is 1.10 bits per heavy atom. The lowest BCUT2D eigenvalue weighted by molar-refractivity contribution is 0.274. The molecule has 2 saturated carbocycles. The molecular formula is C27H32N2OS. The molecule has 0 N–H and O–H groups in total. The van der Waals surface area contributed by atoms with Crippen molar-refractivity contribution in [2.75, 3.05) is 5.75 Å². The molecule has 0 saturated heterocycles. The summed E-state index contributed by atoms with van der Waals surface area (Å²) in [5.41, 5.74) is 4.61. The van der Waals surface area contributed by atoms with Gasteiger partial charge in [0.1, 0.15) is 0 Å². The zero-order valence-electron chi connectivity index (χ0n) is 18.4. The fraction of sp³-hybridized carbons (Fsp3) is 0.556. The number of hydrogen-bond acceptors (Lipinski definition) is 3. The van der Waals surface area contributed by atoms with Crippen molar-refractivity contribution >= 4 is 11.8 Å². The van der Waals surface area contributed by atoms with E-state index in [9.17, 15) is 4.79 Å². The minimum Gasteiger partial charge on any atom is -0.287 e. The van der Waals surface area contributed by atoms with Crippen LogP contribution in [0, 0.1) is 18.3 Å². The van der Waals surface area contributed by atoms with E-state index in [4.69, 9.17) is 11.4 Å². The van der Waals surface area contributed by atoms with Crippen molar-refractivity contribution in [1.82, 2.24) is 9.55 Å². The summed E-state index contributed by atoms with van der Waals surface area (Å²) in [7, 11) is 0. The molecule has 4 heteroatoms. The Morgan fingerprint density at radius 3 is 2.61 bits per heavy atom. The average Bonchev–Trinajstić information content (AvgIpc) is 2.80. The minimum absolute atomic E-state index is 0.0460. The van der Waals surface area contributed by atoms with Gasteiger partial charge in [0, 0.05) is 17.5 Å². The quantitative estimate of drug-likeness (QED) is 0.339. The van der Waals surface area contributed by atoms with Crippen molar-refractivity contribution in [3.8, 4) is 23.6 Å². The first-order chi connectivity index (χ1) is 15.2. The lowest BCUT2D eigenvalue weighted by Crippen LogP contribution is -2.43. The van der Waals surface area contributed by atoms with Gasteiger partial charge in [-0.05, 0) is 43.6 Å². The second-order valence-electron chi connectivity index (χ2n) is 9.71. The molecule has 2 aromatic rings. The van der Waals surface area contributed by atoms with E-state index in [1.165, 1.54) is 56.9 Å². The van der Waals surface area contributed by atoms with Crippen molar-refractivity contribution in [3.05, 3.63) is 45.7 Å². The van der Waals surface area contributed by atoms with Crippen molar-refractivity contribution in [2.24, 2.45) is 5.92 Å². The van der Waals surface area contributed by atoms with Crippen LogP contribution < -0.4 is 5.56 Å². The molecule has 1 spiro atoms. The summed E-state index contributed by atoms with van der Waals surface area (Å²) in [6, 6.07) is 8.58. The van der Waals surface area contributed by atoms with Gasteiger partial charge >= 0.3 is 0 Å². The molecule has 0 bridgehead atoms. The first kappa shape index (κ1) is 20.9. The number of nitrogens with zero attached hydrogens (tertiary/aromatic N) is 2. The zero-order chi connectivity index (χ0) is 21.3. The Hall–Kier alpha value is -1.99. The first-order valence-electron chi connectivity index (χ1n) is 12.0. The summed E-state index contributed by atoms with van der Waals surface area (Å²) in [4.78, 5) is 19.4. The predicted molar refractivity (Wildman–Crippen MR) is 129 cm³/mol. The molecule has 31 heavy (non-hydrogen) atoms. The lowest BCUT2D eigenvalue weighted by Gasteiger charge is -2.42. The van der Waals surface area contributed by atoms with E-state index < -0.39 is 0 Å². The smallest absolute Gasteiger partial charge is 0.258 e. The van der Waals surface area contributed by atoms with E-state index in [-0.39, 0.29) is 11.0 Å². The van der Waals surface area contributed by atoms with E-state index in [1.807, 2.05) is 4.57 Å². The number of rotatable bonds is 4. The van der Waals surface area contributed by atoms with E-state index in [0.717, 1.165) is 47.8 Å². The molecule has 3 aliphatic carbocycles. The van der Waals surface area contributed by atoms with Crippen LogP contribution in [0.4, 0.5) is 0 Å². The van der Waals surface area contributed by atoms with Crippen LogP contribution in [-0.4, -0.2) is 15.3 Å². The van der Waals surface area contributed by atoms with E-state index in [1.54, 1.807) is 11.8 Å². The van der Waals surface area contributed by atoms with Crippen LogP contribution in [0.1, 0.15) is 75.3 Å². The summed E-state index contributed by atoms with van der Waals surface area (Å²) in [5, 5.41) is 0.815. The highest BCUT2D eigenvalue weighted by Gasteiger charge is 2.43. The molecule has 0 amide bonds. The van der Waals surface area contributed by atoms with Gasteiger partial charge in [0.2, 0.25) is 0 Å². The fourth-order valence-corrected chi connectivity index (χ4v) is 6.91. The minimum atomic E-state index is -0.0460. The molecule has 3 nitrogen and oxygen atoms in total. The van der Waals surface area contributed by atoms with E-state index in [2.05, 4.69) is 30.2 Å². The predicted octanol–water partition coefficient (Wildman–Crippen LogP) is 5.97. The summed E-state index contributed by atoms with van der Waals surface area (Å²) in [6.07, 6.45) is 18.8. The SMILES string of the molecule is C#CCSc1nc2c(c(=O)n1CC1CCCCC1)C1(CCCCC1)Cc1ccccc1-2. The number of thioether (sulfide) groups is 1. The van der Waals surface area contributed by atoms with Gasteiger partial charge in [0.05, 0.1) is 17.0 Å². The van der Waals surface area contributed by atoms with Crippen LogP contribution in [0.15, 0.2) is 34.2 Å². The van der Waals surface area contributed by atoms with E-state index >= 15 is 0 Å². The molecule has 1 heterocycles. The molecule has 0 atom stereocenters. The highest BCUT2D eigenvalue weighted by Crippen LogP contribution is 2.48. The maximum Gasteiger partial charge on any atom is 0.258 e. The Kier molecular flexibility index (Phi) is 5.97. The maximum absolute atomic E-state index is 14.2. The standard InChI is InChI=1S/C27H32N2OS/c1-2-17-31-26-28-24-22-14-8-7-13-21(22)18-27(15-9-4-10-16-27)23(24)25(30)29(26)19-20-11-5-3-6-12-20/h1,7-8,13-14,20H,3-6,9-12,15-19H2. The molecule has 162 valence electrons. The van der Waals surface area contributed by atoms with Gasteiger partial charge in [-0.2, -0.15) is 0 Å². The Bertz CT molecular complexity index is 1050. The Morgan fingerprint density at radius 2 is 1.84 bits per heavy atom. The van der Waals surface area contributed by atoms with Gasteiger partial charge in [-0.3, -0.25) is 9.36 Å². The van der Waals surface area contributed by atoms with Crippen LogP contribution in [0.25, 0.3) is 11.3 Å². The third-order valence-electron chi connectivity index (χ3n) is 7.73. The van der Waals surface area contributed by atoms with E-state index in [0.29, 0.717) is 11.7 Å². The topological polar surface area (TPSA) is 34.9 Å². The van der Waals surface area contributed by atoms with Gasteiger partial charge in [0.25, 0.3) is 5.56 Å². The highest BCUT2D eigenvalue weighted by molar-refractivity contribution is 7.99. The molecule has 0 aliphatic heterocycles. The molecule has 2 fully saturated rings. The molecule has 0 radical (unpaired) electrons. The molecule has 1 aromatic heterocycles. The number of terminal acetylenes is 1. The van der Waals surface area contributed by atoms with Gasteiger partial charge in [-0.25, -0.2) is 4.98 Å². The van der Waals surface area contributed by atoms with Crippen LogP contribution in [0.3, 0.4) is 0 Å². The highest BCUT2D eigenvalue weighted by atomic mass is 32.2. The normalized spacial score (nSPS) is 20.1. The summed E-state index contributed by atoms with van der Waals surface area (Å²) in [5.74, 6) is 3.85. The molecule has 5 rings (SSSR count). The first-order valence-corrected chi connectivity index (χ1v) is 13.0. The van der Waals surface area contributed by atoms with Gasteiger partial charge in [0.15, 0.2) is 5.16 Å². The fourth-order valence-electron chi connectivity index (χ4n) is 6.23. The second-order valence-corrected chi connectivity index (χ2v) is 10.6. The number of fused-ring (bicyclic) bond motifs is 4. The Labute approximate surface area is 190 Å². The van der Waals surface area contributed by atoms with Crippen molar-refractivity contribution in [1.29, 1.82) is 0 Å². The molecular weight excluding hydrogens is 400 g/mol. The third kappa shape index (κ3) is 3.87. The summed E-state index contributed by atoms with van der Waals surface area (Å²) >= 11 is 1.55. The van der Waals surface area contributed by atoms with Crippen LogP contribution in [0.2, 0.25) is 0 Å². The largest absolute Gasteiger partial charge is 0.287 e.